The number of carbonyl (C=O) groups excluding carboxylic acids is 2. The van der Waals surface area contributed by atoms with E-state index in [2.05, 4.69) is 11.8 Å². The van der Waals surface area contributed by atoms with Gasteiger partial charge in [0, 0.05) is 26.2 Å². The van der Waals surface area contributed by atoms with Crippen LogP contribution in [0, 0.1) is 0 Å². The van der Waals surface area contributed by atoms with Crippen molar-refractivity contribution < 1.29 is 24.2 Å². The molecule has 0 aliphatic carbocycles. The van der Waals surface area contributed by atoms with Crippen LogP contribution in [0.3, 0.4) is 0 Å². The van der Waals surface area contributed by atoms with Gasteiger partial charge in [-0.1, -0.05) is 31.5 Å². The lowest BCUT2D eigenvalue weighted by molar-refractivity contribution is -0.129. The molecule has 1 aromatic carbocycles. The zero-order chi connectivity index (χ0) is 23.9. The fourth-order valence-electron chi connectivity index (χ4n) is 4.37. The second-order valence-electron chi connectivity index (χ2n) is 8.55. The Morgan fingerprint density at radius 1 is 1.15 bits per heavy atom. The molecule has 2 aliphatic rings. The van der Waals surface area contributed by atoms with Crippen LogP contribution in [0.25, 0.3) is 0 Å². The third kappa shape index (κ3) is 5.51. The van der Waals surface area contributed by atoms with E-state index in [1.54, 1.807) is 17.0 Å². The molecule has 8 heteroatoms. The van der Waals surface area contributed by atoms with Crippen LogP contribution in [0.5, 0.6) is 5.75 Å². The van der Waals surface area contributed by atoms with E-state index in [1.165, 1.54) is 11.3 Å². The first-order valence-corrected chi connectivity index (χ1v) is 12.8. The molecule has 1 fully saturated rings. The van der Waals surface area contributed by atoms with Gasteiger partial charge in [0.05, 0.1) is 36.3 Å². The number of hydrogen-bond acceptors (Lipinski definition) is 7. The zero-order valence-electron chi connectivity index (χ0n) is 19.6. The quantitative estimate of drug-likeness (QED) is 0.380. The third-order valence-corrected chi connectivity index (χ3v) is 7.10. The molecule has 2 aromatic rings. The van der Waals surface area contributed by atoms with Crippen molar-refractivity contribution in [2.45, 2.75) is 32.2 Å². The molecular formula is C26H32N2O5S. The first kappa shape index (κ1) is 24.4. The van der Waals surface area contributed by atoms with Crippen LogP contribution < -0.4 is 4.74 Å². The Balaban J connectivity index is 1.56. The molecule has 1 unspecified atom stereocenters. The zero-order valence-corrected chi connectivity index (χ0v) is 20.4. The van der Waals surface area contributed by atoms with Crippen molar-refractivity contribution in [1.82, 2.24) is 9.80 Å². The van der Waals surface area contributed by atoms with E-state index in [-0.39, 0.29) is 11.4 Å². The topological polar surface area (TPSA) is 79.3 Å². The van der Waals surface area contributed by atoms with Crippen LogP contribution in [-0.4, -0.2) is 72.6 Å². The van der Waals surface area contributed by atoms with E-state index >= 15 is 0 Å². The van der Waals surface area contributed by atoms with E-state index in [9.17, 15) is 14.7 Å². The highest BCUT2D eigenvalue weighted by Crippen LogP contribution is 2.40. The predicted octanol–water partition coefficient (Wildman–Crippen LogP) is 4.23. The number of rotatable bonds is 11. The Kier molecular flexibility index (Phi) is 8.37. The van der Waals surface area contributed by atoms with E-state index in [4.69, 9.17) is 9.47 Å². The molecular weight excluding hydrogens is 452 g/mol. The summed E-state index contributed by atoms with van der Waals surface area (Å²) >= 11 is 1.31. The Bertz CT molecular complexity index is 997. The summed E-state index contributed by atoms with van der Waals surface area (Å²) in [4.78, 5) is 30.9. The summed E-state index contributed by atoms with van der Waals surface area (Å²) in [6.07, 6.45) is 2.78. The normalized spacial score (nSPS) is 19.1. The van der Waals surface area contributed by atoms with Gasteiger partial charge in [0.15, 0.2) is 5.76 Å². The van der Waals surface area contributed by atoms with Crippen LogP contribution in [0.15, 0.2) is 53.1 Å². The average Bonchev–Trinajstić information content (AvgIpc) is 3.48. The van der Waals surface area contributed by atoms with Gasteiger partial charge in [-0.3, -0.25) is 14.5 Å². The number of thiophene rings is 1. The summed E-state index contributed by atoms with van der Waals surface area (Å²) in [6.45, 7) is 7.24. The van der Waals surface area contributed by atoms with Gasteiger partial charge in [-0.15, -0.1) is 11.3 Å². The van der Waals surface area contributed by atoms with Crippen LogP contribution in [0.1, 0.15) is 47.5 Å². The fraction of sp³-hybridized carbons (Fsp3) is 0.462. The molecule has 34 heavy (non-hydrogen) atoms. The molecule has 1 N–H and O–H groups in total. The molecule has 1 aromatic heterocycles. The molecule has 7 nitrogen and oxygen atoms in total. The number of ether oxygens (including phenoxy) is 2. The highest BCUT2D eigenvalue weighted by atomic mass is 32.1. The highest BCUT2D eigenvalue weighted by molar-refractivity contribution is 7.12. The second-order valence-corrected chi connectivity index (χ2v) is 9.50. The van der Waals surface area contributed by atoms with Crippen LogP contribution in [0.2, 0.25) is 0 Å². The summed E-state index contributed by atoms with van der Waals surface area (Å²) < 4.78 is 11.2. The molecule has 182 valence electrons. The SMILES string of the molecule is CCCCOc1ccc(C2C(C(=O)c3cccs3)=C(O)C(=O)N2CCCN2CCOCC2)cc1. The van der Waals surface area contributed by atoms with Crippen molar-refractivity contribution in [2.24, 2.45) is 0 Å². The number of aliphatic hydroxyl groups excluding tert-OH is 1. The fourth-order valence-corrected chi connectivity index (χ4v) is 5.05. The Hall–Kier alpha value is -2.68. The molecule has 0 saturated carbocycles. The maximum Gasteiger partial charge on any atom is 0.290 e. The molecule has 1 atom stereocenters. The van der Waals surface area contributed by atoms with Gasteiger partial charge in [-0.25, -0.2) is 0 Å². The summed E-state index contributed by atoms with van der Waals surface area (Å²) in [6, 6.07) is 10.4. The molecule has 1 amide bonds. The number of amides is 1. The van der Waals surface area contributed by atoms with Gasteiger partial charge in [0.1, 0.15) is 5.75 Å². The minimum atomic E-state index is -0.628. The third-order valence-electron chi connectivity index (χ3n) is 6.23. The van der Waals surface area contributed by atoms with Crippen molar-refractivity contribution in [3.8, 4) is 5.75 Å². The van der Waals surface area contributed by atoms with Crippen LogP contribution >= 0.6 is 11.3 Å². The van der Waals surface area contributed by atoms with Crippen molar-refractivity contribution in [3.63, 3.8) is 0 Å². The van der Waals surface area contributed by atoms with E-state index < -0.39 is 17.7 Å². The summed E-state index contributed by atoms with van der Waals surface area (Å²) in [5.41, 5.74) is 0.935. The minimum Gasteiger partial charge on any atom is -0.503 e. The van der Waals surface area contributed by atoms with Crippen molar-refractivity contribution >= 4 is 23.0 Å². The van der Waals surface area contributed by atoms with Crippen molar-refractivity contribution in [2.75, 3.05) is 46.0 Å². The van der Waals surface area contributed by atoms with Crippen LogP contribution in [0.4, 0.5) is 0 Å². The number of unbranched alkanes of at least 4 members (excludes halogenated alkanes) is 1. The molecule has 0 spiro atoms. The minimum absolute atomic E-state index is 0.151. The maximum atomic E-state index is 13.3. The van der Waals surface area contributed by atoms with Gasteiger partial charge in [0.2, 0.25) is 5.78 Å². The molecule has 1 saturated heterocycles. The van der Waals surface area contributed by atoms with Crippen molar-refractivity contribution in [1.29, 1.82) is 0 Å². The van der Waals surface area contributed by atoms with Gasteiger partial charge in [-0.05, 0) is 42.0 Å². The van der Waals surface area contributed by atoms with Gasteiger partial charge in [-0.2, -0.15) is 0 Å². The number of morpholine rings is 1. The molecule has 2 aliphatic heterocycles. The summed E-state index contributed by atoms with van der Waals surface area (Å²) in [5, 5.41) is 12.6. The lowest BCUT2D eigenvalue weighted by atomic mass is 9.95. The van der Waals surface area contributed by atoms with Crippen LogP contribution in [-0.2, 0) is 9.53 Å². The largest absolute Gasteiger partial charge is 0.503 e. The summed E-state index contributed by atoms with van der Waals surface area (Å²) in [5.74, 6) is -0.488. The first-order valence-electron chi connectivity index (χ1n) is 11.9. The van der Waals surface area contributed by atoms with E-state index in [1.807, 2.05) is 29.6 Å². The van der Waals surface area contributed by atoms with Crippen molar-refractivity contribution in [3.05, 3.63) is 63.6 Å². The number of Topliss-reactive ketones (excluding diaryl/α,β-unsaturated/α-hetero) is 1. The first-order chi connectivity index (χ1) is 16.6. The Morgan fingerprint density at radius 2 is 1.91 bits per heavy atom. The molecule has 0 bridgehead atoms. The van der Waals surface area contributed by atoms with Gasteiger partial charge >= 0.3 is 0 Å². The number of ketones is 1. The number of benzene rings is 1. The lowest BCUT2D eigenvalue weighted by Gasteiger charge is -2.30. The monoisotopic (exact) mass is 484 g/mol. The van der Waals surface area contributed by atoms with E-state index in [0.29, 0.717) is 18.0 Å². The lowest BCUT2D eigenvalue weighted by Crippen LogP contribution is -2.39. The van der Waals surface area contributed by atoms with E-state index in [0.717, 1.165) is 63.4 Å². The number of carbonyl (C=O) groups is 2. The number of hydrogen-bond donors (Lipinski definition) is 1. The average molecular weight is 485 g/mol. The Labute approximate surface area is 204 Å². The highest BCUT2D eigenvalue weighted by Gasteiger charge is 2.43. The molecule has 0 radical (unpaired) electrons. The summed E-state index contributed by atoms with van der Waals surface area (Å²) in [7, 11) is 0. The second kappa shape index (κ2) is 11.6. The number of aliphatic hydroxyl groups is 1. The standard InChI is InChI=1S/C26H32N2O5S/c1-2-3-15-33-20-9-7-19(8-10-20)23-22(24(29)21-6-4-18-34-21)25(30)26(31)28(23)12-5-11-27-13-16-32-17-14-27/h4,6-10,18,23,30H,2-3,5,11-17H2,1H3. The van der Waals surface area contributed by atoms with Gasteiger partial charge in [0.25, 0.3) is 5.91 Å². The maximum absolute atomic E-state index is 13.3. The Morgan fingerprint density at radius 3 is 2.59 bits per heavy atom. The molecule has 4 rings (SSSR count). The molecule has 3 heterocycles. The van der Waals surface area contributed by atoms with Gasteiger partial charge < -0.3 is 19.5 Å². The number of nitrogens with zero attached hydrogens (tertiary/aromatic N) is 2. The predicted molar refractivity (Wildman–Crippen MR) is 131 cm³/mol. The smallest absolute Gasteiger partial charge is 0.290 e.